The Balaban J connectivity index is 1.72. The molecule has 0 aliphatic carbocycles. The number of fused-ring (bicyclic) bond motifs is 1. The smallest absolute Gasteiger partial charge is 0.343 e. The van der Waals surface area contributed by atoms with E-state index in [0.717, 1.165) is 21.1 Å². The second kappa shape index (κ2) is 7.86. The van der Waals surface area contributed by atoms with Gasteiger partial charge in [-0.15, -0.1) is 0 Å². The standard InChI is InChI=1S/C22H17BrN2O3/c1-2-27-19-12-15(21-24-17-10-6-7-11-18(17)25-21)16(23)13-20(19)28-22(26)14-8-4-3-5-9-14/h3-13H,2H2,1H3,(H,24,25). The van der Waals surface area contributed by atoms with Gasteiger partial charge in [0.15, 0.2) is 11.5 Å². The van der Waals surface area contributed by atoms with Crippen LogP contribution in [0.1, 0.15) is 17.3 Å². The molecule has 0 atom stereocenters. The molecule has 0 amide bonds. The lowest BCUT2D eigenvalue weighted by molar-refractivity contribution is 0.0728. The van der Waals surface area contributed by atoms with Gasteiger partial charge in [-0.2, -0.15) is 0 Å². The van der Waals surface area contributed by atoms with Gasteiger partial charge in [0.2, 0.25) is 0 Å². The first kappa shape index (κ1) is 18.3. The monoisotopic (exact) mass is 436 g/mol. The van der Waals surface area contributed by atoms with E-state index in [-0.39, 0.29) is 0 Å². The van der Waals surface area contributed by atoms with Crippen LogP contribution in [0.25, 0.3) is 22.4 Å². The molecule has 0 aliphatic heterocycles. The van der Waals surface area contributed by atoms with Gasteiger partial charge in [-0.05, 0) is 59.3 Å². The van der Waals surface area contributed by atoms with Crippen molar-refractivity contribution in [3.8, 4) is 22.9 Å². The predicted octanol–water partition coefficient (Wildman–Crippen LogP) is 5.61. The Morgan fingerprint density at radius 3 is 2.54 bits per heavy atom. The van der Waals surface area contributed by atoms with E-state index in [4.69, 9.17) is 9.47 Å². The Bertz CT molecular complexity index is 1110. The summed E-state index contributed by atoms with van der Waals surface area (Å²) in [6.45, 7) is 2.32. The van der Waals surface area contributed by atoms with Crippen LogP contribution in [0.2, 0.25) is 0 Å². The van der Waals surface area contributed by atoms with E-state index in [2.05, 4.69) is 25.9 Å². The van der Waals surface area contributed by atoms with Crippen LogP contribution in [0.5, 0.6) is 11.5 Å². The van der Waals surface area contributed by atoms with E-state index < -0.39 is 5.97 Å². The zero-order valence-corrected chi connectivity index (χ0v) is 16.7. The quantitative estimate of drug-likeness (QED) is 0.326. The topological polar surface area (TPSA) is 64.2 Å². The summed E-state index contributed by atoms with van der Waals surface area (Å²) in [6, 6.07) is 20.2. The van der Waals surface area contributed by atoms with Gasteiger partial charge in [-0.25, -0.2) is 9.78 Å². The van der Waals surface area contributed by atoms with Crippen LogP contribution < -0.4 is 9.47 Å². The zero-order chi connectivity index (χ0) is 19.5. The number of carbonyl (C=O) groups is 1. The van der Waals surface area contributed by atoms with E-state index in [1.54, 1.807) is 30.3 Å². The molecule has 1 aromatic heterocycles. The Labute approximate surface area is 170 Å². The normalized spacial score (nSPS) is 10.8. The van der Waals surface area contributed by atoms with E-state index >= 15 is 0 Å². The van der Waals surface area contributed by atoms with E-state index in [1.807, 2.05) is 43.3 Å². The average molecular weight is 437 g/mol. The number of nitrogens with one attached hydrogen (secondary N) is 1. The zero-order valence-electron chi connectivity index (χ0n) is 15.1. The molecule has 0 saturated heterocycles. The molecular formula is C22H17BrN2O3. The highest BCUT2D eigenvalue weighted by Crippen LogP contribution is 2.38. The number of aromatic amines is 1. The number of halogens is 1. The molecule has 0 saturated carbocycles. The lowest BCUT2D eigenvalue weighted by Crippen LogP contribution is -2.09. The molecule has 0 unspecified atom stereocenters. The first-order valence-electron chi connectivity index (χ1n) is 8.84. The first-order valence-corrected chi connectivity index (χ1v) is 9.63. The van der Waals surface area contributed by atoms with Crippen molar-refractivity contribution >= 4 is 32.9 Å². The molecule has 5 nitrogen and oxygen atoms in total. The van der Waals surface area contributed by atoms with Gasteiger partial charge < -0.3 is 14.5 Å². The molecule has 1 heterocycles. The van der Waals surface area contributed by atoms with Gasteiger partial charge >= 0.3 is 5.97 Å². The number of carbonyl (C=O) groups excluding carboxylic acids is 1. The summed E-state index contributed by atoms with van der Waals surface area (Å²) in [5.41, 5.74) is 3.12. The number of H-pyrrole nitrogens is 1. The van der Waals surface area contributed by atoms with Crippen LogP contribution in [0, 0.1) is 0 Å². The number of esters is 1. The molecular weight excluding hydrogens is 420 g/mol. The van der Waals surface area contributed by atoms with Crippen LogP contribution in [0.3, 0.4) is 0 Å². The summed E-state index contributed by atoms with van der Waals surface area (Å²) in [5, 5.41) is 0. The third kappa shape index (κ3) is 3.64. The molecule has 4 aromatic rings. The van der Waals surface area contributed by atoms with E-state index in [9.17, 15) is 4.79 Å². The number of hydrogen-bond acceptors (Lipinski definition) is 4. The van der Waals surface area contributed by atoms with Crippen LogP contribution in [0.4, 0.5) is 0 Å². The van der Waals surface area contributed by atoms with Gasteiger partial charge in [0, 0.05) is 10.0 Å². The number of rotatable bonds is 5. The van der Waals surface area contributed by atoms with Gasteiger partial charge in [-0.1, -0.05) is 30.3 Å². The molecule has 28 heavy (non-hydrogen) atoms. The van der Waals surface area contributed by atoms with Crippen molar-refractivity contribution < 1.29 is 14.3 Å². The third-order valence-corrected chi connectivity index (χ3v) is 4.85. The number of imidazole rings is 1. The van der Waals surface area contributed by atoms with Crippen LogP contribution >= 0.6 is 15.9 Å². The Morgan fingerprint density at radius 1 is 1.04 bits per heavy atom. The van der Waals surface area contributed by atoms with Crippen molar-refractivity contribution in [2.45, 2.75) is 6.92 Å². The molecule has 6 heteroatoms. The predicted molar refractivity (Wildman–Crippen MR) is 112 cm³/mol. The highest BCUT2D eigenvalue weighted by atomic mass is 79.9. The van der Waals surface area contributed by atoms with Crippen molar-refractivity contribution in [3.63, 3.8) is 0 Å². The number of benzene rings is 3. The largest absolute Gasteiger partial charge is 0.490 e. The third-order valence-electron chi connectivity index (χ3n) is 4.19. The summed E-state index contributed by atoms with van der Waals surface area (Å²) in [4.78, 5) is 20.4. The highest BCUT2D eigenvalue weighted by Gasteiger charge is 2.18. The maximum atomic E-state index is 12.4. The molecule has 3 aromatic carbocycles. The second-order valence-corrected chi connectivity index (χ2v) is 6.92. The Kier molecular flexibility index (Phi) is 5.12. The van der Waals surface area contributed by atoms with Crippen molar-refractivity contribution in [1.82, 2.24) is 9.97 Å². The molecule has 0 bridgehead atoms. The van der Waals surface area contributed by atoms with E-state index in [0.29, 0.717) is 29.5 Å². The maximum Gasteiger partial charge on any atom is 0.343 e. The summed E-state index contributed by atoms with van der Waals surface area (Å²) in [6.07, 6.45) is 0. The Morgan fingerprint density at radius 2 is 1.79 bits per heavy atom. The average Bonchev–Trinajstić information content (AvgIpc) is 3.14. The highest BCUT2D eigenvalue weighted by molar-refractivity contribution is 9.10. The van der Waals surface area contributed by atoms with Crippen LogP contribution in [-0.4, -0.2) is 22.5 Å². The first-order chi connectivity index (χ1) is 13.7. The van der Waals surface area contributed by atoms with Crippen LogP contribution in [-0.2, 0) is 0 Å². The number of para-hydroxylation sites is 2. The fourth-order valence-electron chi connectivity index (χ4n) is 2.88. The second-order valence-electron chi connectivity index (χ2n) is 6.07. The van der Waals surface area contributed by atoms with Crippen molar-refractivity contribution in [2.75, 3.05) is 6.61 Å². The van der Waals surface area contributed by atoms with Gasteiger partial charge in [-0.3, -0.25) is 0 Å². The minimum atomic E-state index is -0.440. The van der Waals surface area contributed by atoms with Crippen molar-refractivity contribution in [2.24, 2.45) is 0 Å². The fourth-order valence-corrected chi connectivity index (χ4v) is 3.39. The molecule has 0 fully saturated rings. The van der Waals surface area contributed by atoms with Crippen molar-refractivity contribution in [3.05, 3.63) is 76.8 Å². The molecule has 0 spiro atoms. The fraction of sp³-hybridized carbons (Fsp3) is 0.0909. The molecule has 140 valence electrons. The summed E-state index contributed by atoms with van der Waals surface area (Å²) in [5.74, 6) is 1.09. The lowest BCUT2D eigenvalue weighted by atomic mass is 10.2. The number of ether oxygens (including phenoxy) is 2. The van der Waals surface area contributed by atoms with E-state index in [1.165, 1.54) is 0 Å². The van der Waals surface area contributed by atoms with Crippen molar-refractivity contribution in [1.29, 1.82) is 0 Å². The summed E-state index contributed by atoms with van der Waals surface area (Å²) < 4.78 is 12.1. The lowest BCUT2D eigenvalue weighted by Gasteiger charge is -2.13. The number of aromatic nitrogens is 2. The van der Waals surface area contributed by atoms with Gasteiger partial charge in [0.25, 0.3) is 0 Å². The Hall–Kier alpha value is -3.12. The molecule has 0 radical (unpaired) electrons. The maximum absolute atomic E-state index is 12.4. The molecule has 4 rings (SSSR count). The molecule has 1 N–H and O–H groups in total. The SMILES string of the molecule is CCOc1cc(-c2nc3ccccc3[nH]2)c(Br)cc1OC(=O)c1ccccc1. The minimum absolute atomic E-state index is 0.349. The number of nitrogens with zero attached hydrogens (tertiary/aromatic N) is 1. The number of hydrogen-bond donors (Lipinski definition) is 1. The summed E-state index contributed by atoms with van der Waals surface area (Å²) >= 11 is 3.57. The molecule has 0 aliphatic rings. The minimum Gasteiger partial charge on any atom is -0.490 e. The summed E-state index contributed by atoms with van der Waals surface area (Å²) in [7, 11) is 0. The van der Waals surface area contributed by atoms with Gasteiger partial charge in [0.05, 0.1) is 23.2 Å². The van der Waals surface area contributed by atoms with Gasteiger partial charge in [0.1, 0.15) is 5.82 Å². The van der Waals surface area contributed by atoms with Crippen LogP contribution in [0.15, 0.2) is 71.2 Å².